The van der Waals surface area contributed by atoms with E-state index in [0.29, 0.717) is 23.7 Å². The van der Waals surface area contributed by atoms with Gasteiger partial charge in [-0.25, -0.2) is 0 Å². The Labute approximate surface area is 143 Å². The van der Waals surface area contributed by atoms with Crippen molar-refractivity contribution in [1.29, 1.82) is 0 Å². The van der Waals surface area contributed by atoms with Gasteiger partial charge in [0.15, 0.2) is 11.5 Å². The van der Waals surface area contributed by atoms with Gasteiger partial charge < -0.3 is 27.5 Å². The van der Waals surface area contributed by atoms with Crippen molar-refractivity contribution in [3.05, 3.63) is 17.7 Å². The first-order valence-electron chi connectivity index (χ1n) is 6.79. The summed E-state index contributed by atoms with van der Waals surface area (Å²) in [4.78, 5) is 0. The highest BCUT2D eigenvalue weighted by Crippen LogP contribution is 2.36. The fraction of sp³-hybridized carbons (Fsp3) is 0.294. The second kappa shape index (κ2) is 9.15. The maximum Gasteiger partial charge on any atom is 0.725 e. The van der Waals surface area contributed by atoms with E-state index >= 15 is 0 Å². The summed E-state index contributed by atoms with van der Waals surface area (Å²) in [6, 6.07) is 3.74. The number of benzene rings is 1. The molecule has 0 aliphatic carbocycles. The fourth-order valence-electron chi connectivity index (χ4n) is 2.06. The molecule has 0 saturated heterocycles. The first kappa shape index (κ1) is 19.0. The van der Waals surface area contributed by atoms with Crippen LogP contribution in [0.1, 0.15) is 5.56 Å². The van der Waals surface area contributed by atoms with Crippen LogP contribution < -0.4 is 14.2 Å². The quantitative estimate of drug-likeness (QED) is 0.504. The molecule has 0 aliphatic rings. The lowest BCUT2D eigenvalue weighted by Gasteiger charge is -2.21. The molecular formula is C17H18O6Si. The number of ether oxygens (including phenoxy) is 3. The molecule has 0 unspecified atom stereocenters. The molecule has 0 spiro atoms. The summed E-state index contributed by atoms with van der Waals surface area (Å²) in [5, 5.41) is 0. The van der Waals surface area contributed by atoms with Crippen LogP contribution in [-0.2, 0) is 19.7 Å². The zero-order valence-electron chi connectivity index (χ0n) is 13.8. The number of methoxy groups -OCH3 is 3. The Kier molecular flexibility index (Phi) is 7.23. The predicted octanol–water partition coefficient (Wildman–Crippen LogP) is 2.02. The van der Waals surface area contributed by atoms with E-state index in [4.69, 9.17) is 46.8 Å². The third-order valence-corrected chi connectivity index (χ3v) is 5.28. The molecular weight excluding hydrogens is 328 g/mol. The molecule has 0 bridgehead atoms. The van der Waals surface area contributed by atoms with E-state index in [-0.39, 0.29) is 6.04 Å². The summed E-state index contributed by atoms with van der Waals surface area (Å²) in [6.45, 7) is 0. The molecule has 1 aromatic rings. The first-order valence-corrected chi connectivity index (χ1v) is 8.72. The van der Waals surface area contributed by atoms with Gasteiger partial charge in [-0.3, -0.25) is 0 Å². The van der Waals surface area contributed by atoms with Crippen molar-refractivity contribution >= 4 is 8.80 Å². The lowest BCUT2D eigenvalue weighted by molar-refractivity contribution is 0.212. The molecule has 0 atom stereocenters. The Morgan fingerprint density at radius 1 is 0.792 bits per heavy atom. The Balaban J connectivity index is 3.12. The lowest BCUT2D eigenvalue weighted by atomic mass is 10.1. The van der Waals surface area contributed by atoms with Crippen LogP contribution in [0.3, 0.4) is 0 Å². The van der Waals surface area contributed by atoms with Crippen LogP contribution in [0.2, 0.25) is 6.04 Å². The Morgan fingerprint density at radius 2 is 1.25 bits per heavy atom. The van der Waals surface area contributed by atoms with Gasteiger partial charge in [0, 0.05) is 6.07 Å². The average Bonchev–Trinajstić information content (AvgIpc) is 2.59. The molecule has 6 nitrogen and oxygen atoms in total. The summed E-state index contributed by atoms with van der Waals surface area (Å²) in [6.07, 6.45) is 22.1. The molecule has 7 heteroatoms. The minimum Gasteiger partial charge on any atom is -0.496 e. The van der Waals surface area contributed by atoms with Crippen LogP contribution in [0.25, 0.3) is 0 Å². The van der Waals surface area contributed by atoms with E-state index in [1.54, 1.807) is 19.2 Å². The molecule has 126 valence electrons. The minimum absolute atomic E-state index is 0.247. The van der Waals surface area contributed by atoms with Crippen LogP contribution >= 0.6 is 0 Å². The second-order valence-electron chi connectivity index (χ2n) is 4.36. The van der Waals surface area contributed by atoms with Gasteiger partial charge in [0.05, 0.1) is 45.7 Å². The molecule has 0 radical (unpaired) electrons. The van der Waals surface area contributed by atoms with Crippen LogP contribution in [-0.4, -0.2) is 30.1 Å². The van der Waals surface area contributed by atoms with Gasteiger partial charge in [0.2, 0.25) is 0 Å². The molecule has 24 heavy (non-hydrogen) atoms. The Morgan fingerprint density at radius 3 is 1.67 bits per heavy atom. The van der Waals surface area contributed by atoms with Crippen molar-refractivity contribution < 1.29 is 27.5 Å². The standard InChI is InChI=1S/C17H18O6Si/c1-7-21-24(22-8-2,23-9-3)11-10-14-12-16(19-5)17(20-6)13-15(14)18-4/h1-3,12-13H,10-11H2,4-6H3. The average molecular weight is 346 g/mol. The highest BCUT2D eigenvalue weighted by Gasteiger charge is 2.48. The molecule has 0 aliphatic heterocycles. The third-order valence-electron chi connectivity index (χ3n) is 3.13. The molecule has 1 rings (SSSR count). The highest BCUT2D eigenvalue weighted by molar-refractivity contribution is 6.61. The minimum atomic E-state index is -3.40. The van der Waals surface area contributed by atoms with Crippen LogP contribution in [0.4, 0.5) is 0 Å². The molecule has 0 aromatic heterocycles. The van der Waals surface area contributed by atoms with Gasteiger partial charge in [-0.05, 0) is 18.1 Å². The van der Waals surface area contributed by atoms with E-state index in [1.165, 1.54) is 14.2 Å². The van der Waals surface area contributed by atoms with Gasteiger partial charge in [-0.2, -0.15) is 0 Å². The predicted molar refractivity (Wildman–Crippen MR) is 90.1 cm³/mol. The SMILES string of the molecule is C#CO[Si](CCc1cc(OC)c(OC)cc1OC)(OC#C)OC#C. The van der Waals surface area contributed by atoms with Crippen LogP contribution in [0.5, 0.6) is 17.2 Å². The van der Waals surface area contributed by atoms with Gasteiger partial charge >= 0.3 is 8.80 Å². The normalized spacial score (nSPS) is 9.67. The smallest absolute Gasteiger partial charge is 0.496 e. The zero-order valence-corrected chi connectivity index (χ0v) is 14.8. The maximum absolute atomic E-state index is 5.37. The first-order chi connectivity index (χ1) is 11.6. The van der Waals surface area contributed by atoms with E-state index in [1.807, 2.05) is 18.3 Å². The monoisotopic (exact) mass is 346 g/mol. The van der Waals surface area contributed by atoms with Crippen molar-refractivity contribution in [2.24, 2.45) is 0 Å². The van der Waals surface area contributed by atoms with E-state index in [9.17, 15) is 0 Å². The van der Waals surface area contributed by atoms with Crippen molar-refractivity contribution in [3.8, 4) is 54.8 Å². The summed E-state index contributed by atoms with van der Waals surface area (Å²) in [5.74, 6) is 1.69. The maximum atomic E-state index is 5.37. The Hall–Kier alpha value is -3.08. The van der Waals surface area contributed by atoms with Crippen LogP contribution in [0.15, 0.2) is 12.1 Å². The molecule has 0 amide bonds. The van der Waals surface area contributed by atoms with Gasteiger partial charge in [-0.15, -0.1) is 0 Å². The van der Waals surface area contributed by atoms with Gasteiger partial charge in [-0.1, -0.05) is 19.3 Å². The number of rotatable bonds is 9. The van der Waals surface area contributed by atoms with Crippen LogP contribution in [0, 0.1) is 37.6 Å². The summed E-state index contributed by atoms with van der Waals surface area (Å²) >= 11 is 0. The summed E-state index contributed by atoms with van der Waals surface area (Å²) < 4.78 is 31.3. The molecule has 0 fully saturated rings. The third kappa shape index (κ3) is 4.46. The van der Waals surface area contributed by atoms with Gasteiger partial charge in [0.25, 0.3) is 0 Å². The molecule has 0 saturated carbocycles. The number of aryl methyl sites for hydroxylation is 1. The van der Waals surface area contributed by atoms with Gasteiger partial charge in [0.1, 0.15) is 5.75 Å². The zero-order chi connectivity index (χ0) is 18.0. The highest BCUT2D eigenvalue weighted by atomic mass is 28.4. The summed E-state index contributed by atoms with van der Waals surface area (Å²) in [7, 11) is 1.22. The number of terminal acetylenes is 3. The largest absolute Gasteiger partial charge is 0.725 e. The molecule has 0 N–H and O–H groups in total. The van der Waals surface area contributed by atoms with E-state index in [2.05, 4.69) is 0 Å². The Bertz CT molecular complexity index is 639. The van der Waals surface area contributed by atoms with Crippen molar-refractivity contribution in [2.45, 2.75) is 12.5 Å². The second-order valence-corrected chi connectivity index (χ2v) is 6.84. The molecule has 1 aromatic carbocycles. The fourth-order valence-corrected chi connectivity index (χ4v) is 3.61. The summed E-state index contributed by atoms with van der Waals surface area (Å²) in [5.41, 5.74) is 0.800. The topological polar surface area (TPSA) is 55.4 Å². The van der Waals surface area contributed by atoms with E-state index < -0.39 is 8.80 Å². The number of hydrogen-bond acceptors (Lipinski definition) is 6. The van der Waals surface area contributed by atoms with Crippen molar-refractivity contribution in [1.82, 2.24) is 0 Å². The van der Waals surface area contributed by atoms with Crippen molar-refractivity contribution in [3.63, 3.8) is 0 Å². The van der Waals surface area contributed by atoms with E-state index in [0.717, 1.165) is 5.56 Å². The number of hydrogen-bond donors (Lipinski definition) is 0. The molecule has 0 heterocycles. The lowest BCUT2D eigenvalue weighted by Crippen LogP contribution is -2.42. The van der Waals surface area contributed by atoms with Crippen molar-refractivity contribution in [2.75, 3.05) is 21.3 Å².